The first-order valence-electron chi connectivity index (χ1n) is 23.5. The zero-order chi connectivity index (χ0) is 47.0. The van der Waals surface area contributed by atoms with Crippen LogP contribution in [0.3, 0.4) is 0 Å². The number of hydrogen-bond acceptors (Lipinski definition) is 14. The number of aliphatic hydroxyl groups excluding tert-OH is 1. The van der Waals surface area contributed by atoms with E-state index in [1.165, 1.54) is 20.3 Å². The molecule has 0 radical (unpaired) electrons. The molecule has 1 N–H and O–H groups in total. The highest BCUT2D eigenvalue weighted by molar-refractivity contribution is 7.09. The van der Waals surface area contributed by atoms with Crippen molar-refractivity contribution < 1.29 is 66.6 Å². The summed E-state index contributed by atoms with van der Waals surface area (Å²) in [4.78, 5) is 40.9. The highest BCUT2D eigenvalue weighted by atomic mass is 31.0. The van der Waals surface area contributed by atoms with Crippen molar-refractivity contribution in [2.45, 2.75) is 197 Å². The van der Waals surface area contributed by atoms with Crippen molar-refractivity contribution in [3.05, 3.63) is 71.8 Å². The Bertz CT molecular complexity index is 1730. The van der Waals surface area contributed by atoms with Crippen molar-refractivity contribution in [2.24, 2.45) is 5.41 Å². The molecule has 0 aromatic heterocycles. The molecule has 1 aromatic rings. The summed E-state index contributed by atoms with van der Waals surface area (Å²) in [7, 11) is 5.03. The Morgan fingerprint density at radius 1 is 0.938 bits per heavy atom. The average molecular weight is 931 g/mol. The number of ether oxygens (including phenoxy) is 9. The van der Waals surface area contributed by atoms with E-state index >= 15 is 0 Å². The molecular formula is C50H75O14P. The van der Waals surface area contributed by atoms with Crippen LogP contribution < -0.4 is 0 Å². The zero-order valence-corrected chi connectivity index (χ0v) is 40.6. The molecule has 6 bridgehead atoms. The summed E-state index contributed by atoms with van der Waals surface area (Å²) in [5.74, 6) is -3.35. The third-order valence-electron chi connectivity index (χ3n) is 12.9. The van der Waals surface area contributed by atoms with Crippen LogP contribution in [0.25, 0.3) is 0 Å². The van der Waals surface area contributed by atoms with Crippen LogP contribution in [-0.2, 0) is 68.1 Å². The van der Waals surface area contributed by atoms with Gasteiger partial charge in [-0.1, -0.05) is 101 Å². The van der Waals surface area contributed by atoms with E-state index < -0.39 is 65.7 Å². The van der Waals surface area contributed by atoms with Crippen molar-refractivity contribution in [1.29, 1.82) is 0 Å². The van der Waals surface area contributed by atoms with Crippen LogP contribution in [0, 0.1) is 5.41 Å². The van der Waals surface area contributed by atoms with Crippen LogP contribution >= 0.6 is 9.47 Å². The molecule has 4 aliphatic rings. The van der Waals surface area contributed by atoms with Crippen molar-refractivity contribution in [2.75, 3.05) is 21.0 Å². The summed E-state index contributed by atoms with van der Waals surface area (Å²) in [6.45, 7) is 12.4. The lowest BCUT2D eigenvalue weighted by atomic mass is 9.73. The molecule has 12 atom stereocenters. The fraction of sp³-hybridized carbons (Fsp3) is 0.700. The van der Waals surface area contributed by atoms with Gasteiger partial charge in [0.2, 0.25) is 5.79 Å². The molecular weight excluding hydrogens is 856 g/mol. The normalized spacial score (nSPS) is 32.7. The van der Waals surface area contributed by atoms with E-state index in [1.54, 1.807) is 6.92 Å². The lowest BCUT2D eigenvalue weighted by molar-refractivity contribution is -0.338. The second-order valence-corrected chi connectivity index (χ2v) is 18.9. The van der Waals surface area contributed by atoms with Gasteiger partial charge in [0.25, 0.3) is 0 Å². The van der Waals surface area contributed by atoms with Crippen molar-refractivity contribution in [3.8, 4) is 0 Å². The monoisotopic (exact) mass is 930 g/mol. The second-order valence-electron chi connectivity index (χ2n) is 18.7. The summed E-state index contributed by atoms with van der Waals surface area (Å²) in [5.41, 5.74) is 1.36. The molecule has 5 rings (SSSR count). The van der Waals surface area contributed by atoms with Crippen molar-refractivity contribution in [1.82, 2.24) is 0 Å². The van der Waals surface area contributed by atoms with Gasteiger partial charge in [-0.25, -0.2) is 4.79 Å². The molecule has 3 saturated heterocycles. The van der Waals surface area contributed by atoms with E-state index in [0.29, 0.717) is 57.1 Å². The van der Waals surface area contributed by atoms with Crippen LogP contribution in [0.1, 0.15) is 130 Å². The van der Waals surface area contributed by atoms with E-state index in [9.17, 15) is 19.5 Å². The number of fused-ring (bicyclic) bond motifs is 6. The maximum Gasteiger partial charge on any atom is 0.330 e. The predicted molar refractivity (Wildman–Crippen MR) is 246 cm³/mol. The highest BCUT2D eigenvalue weighted by Crippen LogP contribution is 2.49. The number of benzene rings is 1. The van der Waals surface area contributed by atoms with Gasteiger partial charge < -0.3 is 52.3 Å². The van der Waals surface area contributed by atoms with Gasteiger partial charge in [0, 0.05) is 53.8 Å². The van der Waals surface area contributed by atoms with Gasteiger partial charge in [-0.3, -0.25) is 9.59 Å². The molecule has 364 valence electrons. The van der Waals surface area contributed by atoms with Gasteiger partial charge in [0.15, 0.2) is 6.10 Å². The topological polar surface area (TPSA) is 164 Å². The number of carbonyl (C=O) groups is 3. The molecule has 15 heteroatoms. The highest BCUT2D eigenvalue weighted by Gasteiger charge is 2.59. The SMILES string of the molecule is C=C1C[C@H]2C[C@H]3C[C@@H](O)C[C@@H](C[C@@H](OP)CC(=O)O[C@@H]([C@@H](C)OCOCc4ccccc4)C[C@@H]4C/C(=C\C(=O)OC)[C@H](OC(=O)CCCCCCC)[C@@](OC)(O4)C(C)(C)/C=C/[C@@H](C1)O2)O3. The van der Waals surface area contributed by atoms with Gasteiger partial charge in [-0.15, -0.1) is 0 Å². The Hall–Kier alpha value is -3.04. The second kappa shape index (κ2) is 25.9. The molecule has 4 heterocycles. The van der Waals surface area contributed by atoms with Gasteiger partial charge in [-0.05, 0) is 56.6 Å². The number of aliphatic hydroxyl groups is 1. The fourth-order valence-corrected chi connectivity index (χ4v) is 9.68. The largest absolute Gasteiger partial charge is 0.466 e. The van der Waals surface area contributed by atoms with Gasteiger partial charge in [-0.2, -0.15) is 0 Å². The fourth-order valence-electron chi connectivity index (χ4n) is 9.47. The molecule has 1 unspecified atom stereocenters. The Balaban J connectivity index is 1.54. The molecule has 0 aliphatic carbocycles. The number of carbonyl (C=O) groups excluding carboxylic acids is 3. The Kier molecular flexibility index (Phi) is 21.1. The van der Waals surface area contributed by atoms with Gasteiger partial charge in [0.05, 0.1) is 69.0 Å². The average Bonchev–Trinajstić information content (AvgIpc) is 3.26. The molecule has 0 amide bonds. The third kappa shape index (κ3) is 15.8. The number of esters is 3. The molecule has 0 spiro atoms. The van der Waals surface area contributed by atoms with E-state index in [0.717, 1.165) is 36.8 Å². The van der Waals surface area contributed by atoms with Crippen LogP contribution in [-0.4, -0.2) is 111 Å². The summed E-state index contributed by atoms with van der Waals surface area (Å²) in [6, 6.07) is 9.70. The zero-order valence-electron chi connectivity index (χ0n) is 39.5. The molecule has 0 saturated carbocycles. The number of cyclic esters (lactones) is 1. The maximum atomic E-state index is 14.0. The van der Waals surface area contributed by atoms with Crippen molar-refractivity contribution in [3.63, 3.8) is 0 Å². The van der Waals surface area contributed by atoms with Gasteiger partial charge >= 0.3 is 17.9 Å². The van der Waals surface area contributed by atoms with E-state index in [4.69, 9.17) is 47.2 Å². The first-order valence-corrected chi connectivity index (χ1v) is 24.0. The predicted octanol–water partition coefficient (Wildman–Crippen LogP) is 8.32. The Morgan fingerprint density at radius 2 is 1.68 bits per heavy atom. The Labute approximate surface area is 388 Å². The third-order valence-corrected chi connectivity index (χ3v) is 13.3. The summed E-state index contributed by atoms with van der Waals surface area (Å²) >= 11 is 0. The van der Waals surface area contributed by atoms with Gasteiger partial charge in [0.1, 0.15) is 12.9 Å². The minimum absolute atomic E-state index is 0.0875. The lowest BCUT2D eigenvalue weighted by Crippen LogP contribution is -2.63. The number of unbranched alkanes of at least 4 members (excludes halogenated alkanes) is 4. The molecule has 65 heavy (non-hydrogen) atoms. The Morgan fingerprint density at radius 3 is 2.38 bits per heavy atom. The minimum atomic E-state index is -1.72. The minimum Gasteiger partial charge on any atom is -0.466 e. The van der Waals surface area contributed by atoms with E-state index in [-0.39, 0.29) is 56.9 Å². The quantitative estimate of drug-likeness (QED) is 0.0320. The first-order chi connectivity index (χ1) is 31.2. The first kappa shape index (κ1) is 52.9. The summed E-state index contributed by atoms with van der Waals surface area (Å²) in [5, 5.41) is 11.0. The van der Waals surface area contributed by atoms with Crippen LogP contribution in [0.15, 0.2) is 66.3 Å². The van der Waals surface area contributed by atoms with Crippen LogP contribution in [0.4, 0.5) is 0 Å². The number of rotatable bonds is 16. The maximum absolute atomic E-state index is 14.0. The summed E-state index contributed by atoms with van der Waals surface area (Å²) < 4.78 is 62.4. The van der Waals surface area contributed by atoms with Crippen LogP contribution in [0.5, 0.6) is 0 Å². The smallest absolute Gasteiger partial charge is 0.330 e. The molecule has 14 nitrogen and oxygen atoms in total. The lowest BCUT2D eigenvalue weighted by Gasteiger charge is -2.53. The molecule has 3 fully saturated rings. The van der Waals surface area contributed by atoms with Crippen LogP contribution in [0.2, 0.25) is 0 Å². The standard InChI is InChI=1S/C50H75O14P/c1-8-9-10-11-15-18-45(52)62-48-36(24-46(53)55-6)23-42-29-44(34(3)58-32-57-31-35-16-13-12-14-17-35)61-47(54)30-43(64-65)28-41-26-37(51)25-40(60-41)27-39-22-33(2)21-38(59-39)19-20-49(4,5)50(48,56-7)63-42/h12-14,16-17,19-20,24,34,37-44,48,51H,2,8-11,15,18,21-23,25-32,65H2,1,3-7H3/b20-19+,36-24+/t34-,37-,38+,39+,40-,41+,42+,43-,44-,48+,50-/m1/s1. The van der Waals surface area contributed by atoms with Crippen molar-refractivity contribution >= 4 is 27.4 Å². The van der Waals surface area contributed by atoms with E-state index in [1.807, 2.05) is 56.3 Å². The number of methoxy groups -OCH3 is 2. The number of hydrogen-bond donors (Lipinski definition) is 1. The summed E-state index contributed by atoms with van der Waals surface area (Å²) in [6.07, 6.45) is 7.20. The van der Waals surface area contributed by atoms with E-state index in [2.05, 4.69) is 23.0 Å². The molecule has 1 aromatic carbocycles. The molecule has 4 aliphatic heterocycles.